The Balaban J connectivity index is 2.37. The molecule has 21 heavy (non-hydrogen) atoms. The second-order valence-corrected chi connectivity index (χ2v) is 6.74. The third kappa shape index (κ3) is 4.21. The van der Waals surface area contributed by atoms with E-state index in [4.69, 9.17) is 9.84 Å². The maximum atomic E-state index is 10.8. The number of thioether (sulfide) groups is 1. The molecular formula is C14H17BrN2O3S. The van der Waals surface area contributed by atoms with Gasteiger partial charge in [0.25, 0.3) is 0 Å². The maximum absolute atomic E-state index is 10.8. The van der Waals surface area contributed by atoms with Crippen LogP contribution in [-0.4, -0.2) is 40.1 Å². The number of ether oxygens (including phenoxy) is 1. The highest BCUT2D eigenvalue weighted by molar-refractivity contribution is 9.10. The Hall–Kier alpha value is -1.05. The number of imidazole rings is 1. The first-order valence-corrected chi connectivity index (χ1v) is 8.28. The van der Waals surface area contributed by atoms with E-state index < -0.39 is 5.97 Å². The largest absolute Gasteiger partial charge is 0.481 e. The van der Waals surface area contributed by atoms with Gasteiger partial charge in [-0.3, -0.25) is 4.79 Å². The van der Waals surface area contributed by atoms with Crippen molar-refractivity contribution in [3.63, 3.8) is 0 Å². The normalized spacial score (nSPS) is 12.7. The molecule has 114 valence electrons. The summed E-state index contributed by atoms with van der Waals surface area (Å²) in [7, 11) is 1.68. The first-order chi connectivity index (χ1) is 10.0. The Kier molecular flexibility index (Phi) is 5.66. The van der Waals surface area contributed by atoms with Crippen molar-refractivity contribution in [1.82, 2.24) is 9.55 Å². The average molecular weight is 373 g/mol. The lowest BCUT2D eigenvalue weighted by molar-refractivity contribution is -0.133. The molecule has 1 aromatic carbocycles. The molecule has 1 aromatic heterocycles. The van der Waals surface area contributed by atoms with E-state index in [9.17, 15) is 4.79 Å². The summed E-state index contributed by atoms with van der Waals surface area (Å²) >= 11 is 4.71. The molecule has 2 aromatic rings. The van der Waals surface area contributed by atoms with Crippen molar-refractivity contribution < 1.29 is 14.6 Å². The number of benzene rings is 1. The van der Waals surface area contributed by atoms with Crippen LogP contribution in [0.4, 0.5) is 0 Å². The molecule has 1 heterocycles. The highest BCUT2D eigenvalue weighted by atomic mass is 79.9. The number of carboxylic acid groups (broad SMARTS) is 1. The highest BCUT2D eigenvalue weighted by Gasteiger charge is 2.15. The third-order valence-corrected chi connectivity index (χ3v) is 4.40. The third-order valence-electron chi connectivity index (χ3n) is 2.95. The Morgan fingerprint density at radius 3 is 3.00 bits per heavy atom. The van der Waals surface area contributed by atoms with Gasteiger partial charge in [-0.05, 0) is 24.1 Å². The molecule has 0 saturated carbocycles. The number of hydrogen-bond donors (Lipinski definition) is 1. The van der Waals surface area contributed by atoms with Crippen LogP contribution in [0, 0.1) is 5.92 Å². The van der Waals surface area contributed by atoms with E-state index >= 15 is 0 Å². The molecule has 2 rings (SSSR count). The molecule has 0 aliphatic heterocycles. The second kappa shape index (κ2) is 7.29. The van der Waals surface area contributed by atoms with Crippen LogP contribution in [0.2, 0.25) is 0 Å². The molecule has 0 fully saturated rings. The van der Waals surface area contributed by atoms with E-state index in [2.05, 4.69) is 32.4 Å². The fraction of sp³-hybridized carbons (Fsp3) is 0.429. The number of nitrogens with zero attached hydrogens (tertiary/aromatic N) is 2. The van der Waals surface area contributed by atoms with Crippen LogP contribution in [0.1, 0.15) is 6.92 Å². The first-order valence-electron chi connectivity index (χ1n) is 6.50. The smallest absolute Gasteiger partial charge is 0.313 e. The Morgan fingerprint density at radius 2 is 2.33 bits per heavy atom. The van der Waals surface area contributed by atoms with Crippen molar-refractivity contribution in [3.8, 4) is 0 Å². The molecule has 5 nitrogen and oxygen atoms in total. The standard InChI is InChI=1S/C14H17BrN2O3S/c1-9(7-20-2)6-17-12-5-10(15)3-4-11(12)16-14(17)21-8-13(18)19/h3-5,9H,6-8H2,1-2H3,(H,18,19). The van der Waals surface area contributed by atoms with Gasteiger partial charge in [0.05, 0.1) is 23.4 Å². The minimum atomic E-state index is -0.843. The van der Waals surface area contributed by atoms with E-state index in [0.29, 0.717) is 12.5 Å². The zero-order valence-corrected chi connectivity index (χ0v) is 14.3. The van der Waals surface area contributed by atoms with Gasteiger partial charge in [-0.25, -0.2) is 4.98 Å². The van der Waals surface area contributed by atoms with E-state index in [0.717, 1.165) is 27.2 Å². The summed E-state index contributed by atoms with van der Waals surface area (Å²) in [6, 6.07) is 5.87. The van der Waals surface area contributed by atoms with Crippen LogP contribution in [0.3, 0.4) is 0 Å². The first kappa shape index (κ1) is 16.3. The van der Waals surface area contributed by atoms with Gasteiger partial charge >= 0.3 is 5.97 Å². The van der Waals surface area contributed by atoms with Gasteiger partial charge in [0, 0.05) is 18.1 Å². The van der Waals surface area contributed by atoms with Gasteiger partial charge in [0.2, 0.25) is 0 Å². The number of methoxy groups -OCH3 is 1. The summed E-state index contributed by atoms with van der Waals surface area (Å²) < 4.78 is 8.23. The van der Waals surface area contributed by atoms with Crippen molar-refractivity contribution in [2.24, 2.45) is 5.92 Å². The van der Waals surface area contributed by atoms with Gasteiger partial charge in [-0.1, -0.05) is 34.6 Å². The van der Waals surface area contributed by atoms with Crippen LogP contribution in [0.25, 0.3) is 11.0 Å². The van der Waals surface area contributed by atoms with Gasteiger partial charge in [0.15, 0.2) is 5.16 Å². The number of fused-ring (bicyclic) bond motifs is 1. The van der Waals surface area contributed by atoms with E-state index in [-0.39, 0.29) is 5.75 Å². The number of halogens is 1. The molecule has 0 saturated heterocycles. The quantitative estimate of drug-likeness (QED) is 0.755. The predicted molar refractivity (Wildman–Crippen MR) is 86.8 cm³/mol. The van der Waals surface area contributed by atoms with Crippen molar-refractivity contribution >= 4 is 44.7 Å². The van der Waals surface area contributed by atoms with E-state index in [1.165, 1.54) is 11.8 Å². The number of aromatic nitrogens is 2. The summed E-state index contributed by atoms with van der Waals surface area (Å²) in [5.41, 5.74) is 1.87. The Labute approximate surface area is 135 Å². The van der Waals surface area contributed by atoms with Crippen LogP contribution in [0.5, 0.6) is 0 Å². The van der Waals surface area contributed by atoms with Crippen LogP contribution >= 0.6 is 27.7 Å². The van der Waals surface area contributed by atoms with Gasteiger partial charge in [-0.2, -0.15) is 0 Å². The molecule has 0 bridgehead atoms. The van der Waals surface area contributed by atoms with Crippen molar-refractivity contribution in [3.05, 3.63) is 22.7 Å². The number of aliphatic carboxylic acids is 1. The molecule has 1 unspecified atom stereocenters. The van der Waals surface area contributed by atoms with Crippen LogP contribution < -0.4 is 0 Å². The summed E-state index contributed by atoms with van der Waals surface area (Å²) in [4.78, 5) is 15.3. The average Bonchev–Trinajstić information content (AvgIpc) is 2.74. The monoisotopic (exact) mass is 372 g/mol. The maximum Gasteiger partial charge on any atom is 0.313 e. The van der Waals surface area contributed by atoms with E-state index in [1.807, 2.05) is 18.2 Å². The molecule has 1 N–H and O–H groups in total. The summed E-state index contributed by atoms with van der Waals surface area (Å²) in [5.74, 6) is -0.524. The van der Waals surface area contributed by atoms with Crippen LogP contribution in [-0.2, 0) is 16.1 Å². The Bertz CT molecular complexity index is 644. The summed E-state index contributed by atoms with van der Waals surface area (Å²) in [6.07, 6.45) is 0. The van der Waals surface area contributed by atoms with Gasteiger partial charge < -0.3 is 14.4 Å². The van der Waals surface area contributed by atoms with E-state index in [1.54, 1.807) is 7.11 Å². The fourth-order valence-electron chi connectivity index (χ4n) is 2.14. The molecule has 0 amide bonds. The number of carboxylic acids is 1. The molecule has 1 atom stereocenters. The summed E-state index contributed by atoms with van der Waals surface area (Å²) in [6.45, 7) is 3.48. The molecule has 0 aliphatic carbocycles. The van der Waals surface area contributed by atoms with Crippen molar-refractivity contribution in [2.45, 2.75) is 18.6 Å². The van der Waals surface area contributed by atoms with Crippen molar-refractivity contribution in [2.75, 3.05) is 19.5 Å². The lowest BCUT2D eigenvalue weighted by atomic mass is 10.2. The van der Waals surface area contributed by atoms with Gasteiger partial charge in [-0.15, -0.1) is 0 Å². The number of rotatable bonds is 7. The fourth-order valence-corrected chi connectivity index (χ4v) is 3.23. The predicted octanol–water partition coefficient (Wildman–Crippen LogP) is 3.26. The zero-order valence-electron chi connectivity index (χ0n) is 11.9. The zero-order chi connectivity index (χ0) is 15.4. The molecule has 0 spiro atoms. The van der Waals surface area contributed by atoms with Crippen molar-refractivity contribution in [1.29, 1.82) is 0 Å². The number of carbonyl (C=O) groups is 1. The topological polar surface area (TPSA) is 64.3 Å². The SMILES string of the molecule is COCC(C)Cn1c(SCC(=O)O)nc2ccc(Br)cc21. The van der Waals surface area contributed by atoms with Crippen LogP contribution in [0.15, 0.2) is 27.8 Å². The summed E-state index contributed by atoms with van der Waals surface area (Å²) in [5, 5.41) is 9.60. The minimum Gasteiger partial charge on any atom is -0.481 e. The number of hydrogen-bond acceptors (Lipinski definition) is 4. The minimum absolute atomic E-state index is 0.00313. The lowest BCUT2D eigenvalue weighted by Crippen LogP contribution is -2.13. The molecular weight excluding hydrogens is 356 g/mol. The molecule has 0 aliphatic rings. The Morgan fingerprint density at radius 1 is 1.57 bits per heavy atom. The lowest BCUT2D eigenvalue weighted by Gasteiger charge is -2.14. The highest BCUT2D eigenvalue weighted by Crippen LogP contribution is 2.27. The molecule has 0 radical (unpaired) electrons. The van der Waals surface area contributed by atoms with Gasteiger partial charge in [0.1, 0.15) is 0 Å². The second-order valence-electron chi connectivity index (χ2n) is 4.88. The molecule has 7 heteroatoms.